The highest BCUT2D eigenvalue weighted by atomic mass is 32.2. The van der Waals surface area contributed by atoms with E-state index in [9.17, 15) is 4.79 Å². The molecule has 4 heteroatoms. The highest BCUT2D eigenvalue weighted by molar-refractivity contribution is 7.97. The van der Waals surface area contributed by atoms with Crippen LogP contribution in [0.15, 0.2) is 18.2 Å². The topological polar surface area (TPSA) is 41.1 Å². The first-order chi connectivity index (χ1) is 6.79. The van der Waals surface area contributed by atoms with E-state index in [0.29, 0.717) is 6.54 Å². The molecule has 0 aliphatic carbocycles. The molecule has 0 radical (unpaired) electrons. The Hall–Kier alpha value is -1.16. The van der Waals surface area contributed by atoms with E-state index in [1.54, 1.807) is 11.8 Å². The first-order valence-electron chi connectivity index (χ1n) is 4.45. The molecule has 2 N–H and O–H groups in total. The number of benzene rings is 1. The van der Waals surface area contributed by atoms with Crippen molar-refractivity contribution in [2.75, 3.05) is 11.6 Å². The Labute approximate surface area is 87.3 Å². The van der Waals surface area contributed by atoms with Crippen molar-refractivity contribution in [3.63, 3.8) is 0 Å². The molecule has 1 aromatic carbocycles. The molecule has 2 amide bonds. The van der Waals surface area contributed by atoms with E-state index in [1.165, 1.54) is 5.56 Å². The Bertz CT molecular complexity index is 365. The van der Waals surface area contributed by atoms with Crippen LogP contribution in [-0.2, 0) is 12.3 Å². The third-order valence-corrected chi connectivity index (χ3v) is 2.79. The Morgan fingerprint density at radius 3 is 3.14 bits per heavy atom. The lowest BCUT2D eigenvalue weighted by molar-refractivity contribution is 0.251. The quantitative estimate of drug-likeness (QED) is 0.782. The predicted octanol–water partition coefficient (Wildman–Crippen LogP) is 2.18. The molecular weight excluding hydrogens is 196 g/mol. The standard InChI is InChI=1S/C10H12N2OS/c1-14-6-7-2-3-9-8(4-7)5-11-10(13)12-9/h2-4H,5-6H2,1H3,(H2,11,12,13). The van der Waals surface area contributed by atoms with Gasteiger partial charge in [-0.15, -0.1) is 0 Å². The van der Waals surface area contributed by atoms with Gasteiger partial charge in [-0.1, -0.05) is 12.1 Å². The number of carbonyl (C=O) groups is 1. The van der Waals surface area contributed by atoms with Crippen molar-refractivity contribution in [2.45, 2.75) is 12.3 Å². The smallest absolute Gasteiger partial charge is 0.319 e. The molecule has 0 unspecified atom stereocenters. The van der Waals surface area contributed by atoms with Gasteiger partial charge in [0, 0.05) is 18.0 Å². The van der Waals surface area contributed by atoms with Gasteiger partial charge in [0.2, 0.25) is 0 Å². The Morgan fingerprint density at radius 1 is 1.50 bits per heavy atom. The summed E-state index contributed by atoms with van der Waals surface area (Å²) in [7, 11) is 0. The summed E-state index contributed by atoms with van der Waals surface area (Å²) in [6.07, 6.45) is 2.08. The number of carbonyl (C=O) groups excluding carboxylic acids is 1. The third kappa shape index (κ3) is 1.85. The molecule has 1 aromatic rings. The molecule has 14 heavy (non-hydrogen) atoms. The molecule has 1 heterocycles. The number of hydrogen-bond acceptors (Lipinski definition) is 2. The summed E-state index contributed by atoms with van der Waals surface area (Å²) < 4.78 is 0. The lowest BCUT2D eigenvalue weighted by Gasteiger charge is -2.18. The summed E-state index contributed by atoms with van der Waals surface area (Å²) in [6.45, 7) is 0.628. The summed E-state index contributed by atoms with van der Waals surface area (Å²) in [5.41, 5.74) is 3.39. The lowest BCUT2D eigenvalue weighted by Crippen LogP contribution is -2.33. The van der Waals surface area contributed by atoms with Gasteiger partial charge >= 0.3 is 6.03 Å². The molecular formula is C10H12N2OS. The number of rotatable bonds is 2. The van der Waals surface area contributed by atoms with Crippen molar-refractivity contribution >= 4 is 23.5 Å². The molecule has 0 fully saturated rings. The van der Waals surface area contributed by atoms with E-state index in [-0.39, 0.29) is 6.03 Å². The Kier molecular flexibility index (Phi) is 2.63. The normalized spacial score (nSPS) is 14.2. The van der Waals surface area contributed by atoms with Crippen molar-refractivity contribution in [3.8, 4) is 0 Å². The second-order valence-corrected chi connectivity index (χ2v) is 4.10. The molecule has 0 saturated carbocycles. The average molecular weight is 208 g/mol. The van der Waals surface area contributed by atoms with Crippen LogP contribution in [0.3, 0.4) is 0 Å². The van der Waals surface area contributed by atoms with Gasteiger partial charge in [-0.2, -0.15) is 11.8 Å². The van der Waals surface area contributed by atoms with Crippen LogP contribution < -0.4 is 10.6 Å². The maximum Gasteiger partial charge on any atom is 0.319 e. The first-order valence-corrected chi connectivity index (χ1v) is 5.84. The van der Waals surface area contributed by atoms with Crippen LogP contribution in [0.5, 0.6) is 0 Å². The number of hydrogen-bond donors (Lipinski definition) is 2. The fraction of sp³-hybridized carbons (Fsp3) is 0.300. The van der Waals surface area contributed by atoms with Gasteiger partial charge in [0.25, 0.3) is 0 Å². The monoisotopic (exact) mass is 208 g/mol. The zero-order chi connectivity index (χ0) is 9.97. The number of anilines is 1. The fourth-order valence-electron chi connectivity index (χ4n) is 1.51. The van der Waals surface area contributed by atoms with Crippen LogP contribution in [0.1, 0.15) is 11.1 Å². The minimum atomic E-state index is -0.116. The number of fused-ring (bicyclic) bond motifs is 1. The van der Waals surface area contributed by atoms with E-state index < -0.39 is 0 Å². The molecule has 2 rings (SSSR count). The third-order valence-electron chi connectivity index (χ3n) is 2.17. The van der Waals surface area contributed by atoms with Crippen molar-refractivity contribution in [1.29, 1.82) is 0 Å². The van der Waals surface area contributed by atoms with Crippen molar-refractivity contribution < 1.29 is 4.79 Å². The highest BCUT2D eigenvalue weighted by Crippen LogP contribution is 2.21. The van der Waals surface area contributed by atoms with Crippen molar-refractivity contribution in [2.24, 2.45) is 0 Å². The maximum atomic E-state index is 11.0. The van der Waals surface area contributed by atoms with Gasteiger partial charge in [-0.3, -0.25) is 0 Å². The van der Waals surface area contributed by atoms with Crippen LogP contribution in [0.2, 0.25) is 0 Å². The van der Waals surface area contributed by atoms with Crippen LogP contribution in [-0.4, -0.2) is 12.3 Å². The van der Waals surface area contributed by atoms with E-state index in [1.807, 2.05) is 6.07 Å². The maximum absolute atomic E-state index is 11.0. The molecule has 3 nitrogen and oxygen atoms in total. The van der Waals surface area contributed by atoms with Gasteiger partial charge in [0.05, 0.1) is 0 Å². The molecule has 74 valence electrons. The fourth-order valence-corrected chi connectivity index (χ4v) is 2.03. The summed E-state index contributed by atoms with van der Waals surface area (Å²) in [5, 5.41) is 5.52. The van der Waals surface area contributed by atoms with Gasteiger partial charge < -0.3 is 10.6 Å². The molecule has 0 spiro atoms. The molecule has 0 aromatic heterocycles. The van der Waals surface area contributed by atoms with Crippen LogP contribution in [0.25, 0.3) is 0 Å². The largest absolute Gasteiger partial charge is 0.334 e. The van der Waals surface area contributed by atoms with Gasteiger partial charge in [0.1, 0.15) is 0 Å². The zero-order valence-corrected chi connectivity index (χ0v) is 8.78. The predicted molar refractivity (Wildman–Crippen MR) is 59.5 cm³/mol. The highest BCUT2D eigenvalue weighted by Gasteiger charge is 2.13. The van der Waals surface area contributed by atoms with E-state index in [0.717, 1.165) is 17.0 Å². The molecule has 0 bridgehead atoms. The minimum Gasteiger partial charge on any atom is -0.334 e. The van der Waals surface area contributed by atoms with Crippen LogP contribution in [0, 0.1) is 0 Å². The number of nitrogens with one attached hydrogen (secondary N) is 2. The van der Waals surface area contributed by atoms with Crippen molar-refractivity contribution in [1.82, 2.24) is 5.32 Å². The van der Waals surface area contributed by atoms with E-state index in [2.05, 4.69) is 29.0 Å². The minimum absolute atomic E-state index is 0.116. The average Bonchev–Trinajstić information content (AvgIpc) is 2.19. The number of thioether (sulfide) groups is 1. The summed E-state index contributed by atoms with van der Waals surface area (Å²) in [5.74, 6) is 1.02. The van der Waals surface area contributed by atoms with Crippen LogP contribution >= 0.6 is 11.8 Å². The Balaban J connectivity index is 2.26. The Morgan fingerprint density at radius 2 is 2.36 bits per heavy atom. The molecule has 1 aliphatic rings. The zero-order valence-electron chi connectivity index (χ0n) is 7.96. The first kappa shape index (κ1) is 9.40. The van der Waals surface area contributed by atoms with E-state index in [4.69, 9.17) is 0 Å². The second kappa shape index (κ2) is 3.92. The molecule has 0 atom stereocenters. The van der Waals surface area contributed by atoms with Gasteiger partial charge in [0.15, 0.2) is 0 Å². The lowest BCUT2D eigenvalue weighted by atomic mass is 10.1. The number of amides is 2. The van der Waals surface area contributed by atoms with Gasteiger partial charge in [-0.25, -0.2) is 4.79 Å². The summed E-state index contributed by atoms with van der Waals surface area (Å²) in [6, 6.07) is 6.05. The second-order valence-electron chi connectivity index (χ2n) is 3.23. The van der Waals surface area contributed by atoms with E-state index >= 15 is 0 Å². The van der Waals surface area contributed by atoms with Gasteiger partial charge in [-0.05, 0) is 23.4 Å². The SMILES string of the molecule is CSCc1ccc2c(c1)CNC(=O)N2. The molecule has 0 saturated heterocycles. The summed E-state index contributed by atoms with van der Waals surface area (Å²) >= 11 is 1.80. The summed E-state index contributed by atoms with van der Waals surface area (Å²) in [4.78, 5) is 11.0. The molecule has 1 aliphatic heterocycles. The van der Waals surface area contributed by atoms with Crippen molar-refractivity contribution in [3.05, 3.63) is 29.3 Å². The number of urea groups is 1. The van der Waals surface area contributed by atoms with Crippen LogP contribution in [0.4, 0.5) is 10.5 Å².